The first-order chi connectivity index (χ1) is 15.0. The maximum atomic E-state index is 13.2. The highest BCUT2D eigenvalue weighted by atomic mass is 32.2. The van der Waals surface area contributed by atoms with Crippen molar-refractivity contribution >= 4 is 21.6 Å². The first-order valence-electron chi connectivity index (χ1n) is 10.1. The lowest BCUT2D eigenvalue weighted by molar-refractivity contribution is -0.117. The molecule has 3 aromatic carbocycles. The van der Waals surface area contributed by atoms with Crippen LogP contribution in [-0.2, 0) is 14.8 Å². The van der Waals surface area contributed by atoms with Crippen LogP contribution < -0.4 is 14.4 Å². The van der Waals surface area contributed by atoms with Gasteiger partial charge in [-0.05, 0) is 53.9 Å². The molecule has 0 aromatic heterocycles. The molecule has 1 fully saturated rings. The van der Waals surface area contributed by atoms with Crippen LogP contribution in [0.3, 0.4) is 0 Å². The summed E-state index contributed by atoms with van der Waals surface area (Å²) in [6, 6.07) is 22.6. The number of anilines is 1. The third kappa shape index (κ3) is 4.62. The Balaban J connectivity index is 1.63. The minimum Gasteiger partial charge on any atom is -0.497 e. The van der Waals surface area contributed by atoms with Crippen molar-refractivity contribution in [2.24, 2.45) is 0 Å². The second-order valence-corrected chi connectivity index (χ2v) is 9.09. The predicted molar refractivity (Wildman–Crippen MR) is 120 cm³/mol. The van der Waals surface area contributed by atoms with Crippen LogP contribution >= 0.6 is 0 Å². The molecule has 0 radical (unpaired) electrons. The van der Waals surface area contributed by atoms with Gasteiger partial charge in [0.15, 0.2) is 0 Å². The van der Waals surface area contributed by atoms with Gasteiger partial charge < -0.3 is 9.64 Å². The summed E-state index contributed by atoms with van der Waals surface area (Å²) >= 11 is 0. The highest BCUT2D eigenvalue weighted by Crippen LogP contribution is 2.28. The smallest absolute Gasteiger partial charge is 0.241 e. The van der Waals surface area contributed by atoms with Gasteiger partial charge in [-0.15, -0.1) is 0 Å². The van der Waals surface area contributed by atoms with E-state index in [1.165, 1.54) is 0 Å². The van der Waals surface area contributed by atoms with Crippen molar-refractivity contribution in [3.05, 3.63) is 90.0 Å². The molecule has 1 saturated heterocycles. The number of ether oxygens (including phenoxy) is 1. The van der Waals surface area contributed by atoms with Gasteiger partial charge in [0.25, 0.3) is 0 Å². The molecule has 7 heteroatoms. The number of nitrogens with one attached hydrogen (secondary N) is 1. The van der Waals surface area contributed by atoms with Crippen molar-refractivity contribution in [3.63, 3.8) is 0 Å². The average Bonchev–Trinajstić information content (AvgIpc) is 3.24. The Hall–Kier alpha value is -3.16. The minimum atomic E-state index is -3.81. The summed E-state index contributed by atoms with van der Waals surface area (Å²) in [6.45, 7) is 0.663. The van der Waals surface area contributed by atoms with Crippen LogP contribution in [0.25, 0.3) is 0 Å². The molecule has 0 unspecified atom stereocenters. The molecule has 1 aliphatic rings. The highest BCUT2D eigenvalue weighted by molar-refractivity contribution is 7.89. The molecule has 6 nitrogen and oxygen atoms in total. The lowest BCUT2D eigenvalue weighted by Crippen LogP contribution is -2.29. The second kappa shape index (κ2) is 8.91. The van der Waals surface area contributed by atoms with E-state index in [4.69, 9.17) is 4.74 Å². The zero-order valence-corrected chi connectivity index (χ0v) is 18.0. The number of carbonyl (C=O) groups is 1. The summed E-state index contributed by atoms with van der Waals surface area (Å²) in [5.74, 6) is 0.767. The number of sulfonamides is 1. The van der Waals surface area contributed by atoms with Crippen LogP contribution in [0.15, 0.2) is 83.8 Å². The molecule has 0 saturated carbocycles. The molecule has 0 aliphatic carbocycles. The van der Waals surface area contributed by atoms with Crippen molar-refractivity contribution < 1.29 is 17.9 Å². The maximum Gasteiger partial charge on any atom is 0.241 e. The lowest BCUT2D eigenvalue weighted by atomic mass is 10.00. The van der Waals surface area contributed by atoms with Gasteiger partial charge in [-0.25, -0.2) is 8.42 Å². The van der Waals surface area contributed by atoms with Crippen molar-refractivity contribution in [2.75, 3.05) is 18.6 Å². The Bertz CT molecular complexity index is 1140. The number of hydrogen-bond donors (Lipinski definition) is 1. The molecule has 3 aromatic rings. The summed E-state index contributed by atoms with van der Waals surface area (Å²) in [7, 11) is -2.22. The molecule has 160 valence electrons. The number of amides is 1. The molecule has 1 heterocycles. The largest absolute Gasteiger partial charge is 0.497 e. The van der Waals surface area contributed by atoms with E-state index in [0.29, 0.717) is 18.7 Å². The highest BCUT2D eigenvalue weighted by Gasteiger charge is 2.25. The number of methoxy groups -OCH3 is 1. The SMILES string of the molecule is COc1ccc([C@H](NS(=O)(=O)c2ccc(N3CCCC3=O)cc2)c2ccccc2)cc1. The number of rotatable bonds is 7. The molecule has 4 rings (SSSR count). The maximum absolute atomic E-state index is 13.2. The Morgan fingerprint density at radius 1 is 0.903 bits per heavy atom. The Labute approximate surface area is 182 Å². The first-order valence-corrected chi connectivity index (χ1v) is 11.6. The van der Waals surface area contributed by atoms with E-state index >= 15 is 0 Å². The van der Waals surface area contributed by atoms with Crippen molar-refractivity contribution in [2.45, 2.75) is 23.8 Å². The van der Waals surface area contributed by atoms with E-state index in [9.17, 15) is 13.2 Å². The zero-order valence-electron chi connectivity index (χ0n) is 17.2. The van der Waals surface area contributed by atoms with Gasteiger partial charge >= 0.3 is 0 Å². The van der Waals surface area contributed by atoms with Gasteiger partial charge in [-0.3, -0.25) is 4.79 Å². The normalized spacial score (nSPS) is 15.1. The van der Waals surface area contributed by atoms with Crippen LogP contribution in [0.1, 0.15) is 30.0 Å². The van der Waals surface area contributed by atoms with Gasteiger partial charge in [-0.2, -0.15) is 4.72 Å². The van der Waals surface area contributed by atoms with Crippen LogP contribution in [0.4, 0.5) is 5.69 Å². The van der Waals surface area contributed by atoms with Gasteiger partial charge in [0, 0.05) is 18.7 Å². The summed E-state index contributed by atoms with van der Waals surface area (Å²) in [5.41, 5.74) is 2.35. The van der Waals surface area contributed by atoms with E-state index in [2.05, 4.69) is 4.72 Å². The molecular weight excluding hydrogens is 412 g/mol. The number of nitrogens with zero attached hydrogens (tertiary/aromatic N) is 1. The standard InChI is InChI=1S/C24H24N2O4S/c1-30-21-13-9-19(10-14-21)24(18-6-3-2-4-7-18)25-31(28,29)22-15-11-20(12-16-22)26-17-5-8-23(26)27/h2-4,6-7,9-16,24-25H,5,8,17H2,1H3/t24-/m1/s1. The van der Waals surface area contributed by atoms with Gasteiger partial charge in [0.05, 0.1) is 18.0 Å². The van der Waals surface area contributed by atoms with Crippen LogP contribution in [0.2, 0.25) is 0 Å². The van der Waals surface area contributed by atoms with Crippen molar-refractivity contribution in [1.29, 1.82) is 0 Å². The van der Waals surface area contributed by atoms with Crippen LogP contribution in [-0.4, -0.2) is 28.0 Å². The molecule has 1 aliphatic heterocycles. The van der Waals surface area contributed by atoms with Crippen LogP contribution in [0, 0.1) is 0 Å². The van der Waals surface area contributed by atoms with Gasteiger partial charge in [-0.1, -0.05) is 42.5 Å². The topological polar surface area (TPSA) is 75.7 Å². The summed E-state index contributed by atoms with van der Waals surface area (Å²) in [6.07, 6.45) is 1.35. The Morgan fingerprint density at radius 2 is 1.55 bits per heavy atom. The van der Waals surface area contributed by atoms with Gasteiger partial charge in [0.1, 0.15) is 5.75 Å². The van der Waals surface area contributed by atoms with E-state index in [-0.39, 0.29) is 10.8 Å². The van der Waals surface area contributed by atoms with E-state index in [1.807, 2.05) is 42.5 Å². The molecule has 0 spiro atoms. The van der Waals surface area contributed by atoms with E-state index in [0.717, 1.165) is 23.2 Å². The quantitative estimate of drug-likeness (QED) is 0.610. The number of benzene rings is 3. The van der Waals surface area contributed by atoms with Crippen LogP contribution in [0.5, 0.6) is 5.75 Å². The fraction of sp³-hybridized carbons (Fsp3) is 0.208. The first kappa shape index (κ1) is 21.1. The molecular formula is C24H24N2O4S. The lowest BCUT2D eigenvalue weighted by Gasteiger charge is -2.21. The van der Waals surface area contributed by atoms with E-state index < -0.39 is 16.1 Å². The Morgan fingerprint density at radius 3 is 2.13 bits per heavy atom. The van der Waals surface area contributed by atoms with Crippen molar-refractivity contribution in [3.8, 4) is 5.75 Å². The summed E-state index contributed by atoms with van der Waals surface area (Å²) < 4.78 is 34.4. The zero-order chi connectivity index (χ0) is 21.8. The molecule has 0 bridgehead atoms. The van der Waals surface area contributed by atoms with E-state index in [1.54, 1.807) is 48.4 Å². The van der Waals surface area contributed by atoms with Crippen molar-refractivity contribution in [1.82, 2.24) is 4.72 Å². The monoisotopic (exact) mass is 436 g/mol. The average molecular weight is 437 g/mol. The van der Waals surface area contributed by atoms with Gasteiger partial charge in [0.2, 0.25) is 15.9 Å². The third-order valence-corrected chi connectivity index (χ3v) is 6.83. The predicted octanol–water partition coefficient (Wildman–Crippen LogP) is 3.89. The number of hydrogen-bond acceptors (Lipinski definition) is 4. The summed E-state index contributed by atoms with van der Waals surface area (Å²) in [4.78, 5) is 13.8. The summed E-state index contributed by atoms with van der Waals surface area (Å²) in [5, 5.41) is 0. The minimum absolute atomic E-state index is 0.0670. The fourth-order valence-corrected chi connectivity index (χ4v) is 4.93. The Kier molecular flexibility index (Phi) is 6.06. The third-order valence-electron chi connectivity index (χ3n) is 5.39. The molecule has 1 amide bonds. The molecule has 31 heavy (non-hydrogen) atoms. The number of carbonyl (C=O) groups excluding carboxylic acids is 1. The molecule has 1 atom stereocenters. The molecule has 1 N–H and O–H groups in total. The fourth-order valence-electron chi connectivity index (χ4n) is 3.72. The second-order valence-electron chi connectivity index (χ2n) is 7.38.